The third kappa shape index (κ3) is 4.06. The number of aromatic nitrogens is 2. The molecule has 0 aliphatic rings. The van der Waals surface area contributed by atoms with Gasteiger partial charge in [-0.25, -0.2) is 0 Å². The van der Waals surface area contributed by atoms with Crippen LogP contribution >= 0.6 is 0 Å². The van der Waals surface area contributed by atoms with E-state index < -0.39 is 0 Å². The van der Waals surface area contributed by atoms with E-state index in [1.165, 1.54) is 7.11 Å². The Bertz CT molecular complexity index is 496. The molecular weight excluding hydrogens is 260 g/mol. The first kappa shape index (κ1) is 16.2. The second-order valence-electron chi connectivity index (χ2n) is 4.60. The summed E-state index contributed by atoms with van der Waals surface area (Å²) in [7, 11) is 3.16. The van der Waals surface area contributed by atoms with Gasteiger partial charge in [0.15, 0.2) is 0 Å². The highest BCUT2D eigenvalue weighted by Crippen LogP contribution is 2.18. The summed E-state index contributed by atoms with van der Waals surface area (Å²) < 4.78 is 6.32. The number of methoxy groups -OCH3 is 1. The predicted octanol–water partition coefficient (Wildman–Crippen LogP) is 0.470. The normalized spacial score (nSPS) is 10.7. The lowest BCUT2D eigenvalue weighted by molar-refractivity contribution is -0.142. The molecule has 112 valence electrons. The molecule has 0 atom stereocenters. The molecule has 1 N–H and O–H groups in total. The van der Waals surface area contributed by atoms with Crippen LogP contribution in [0.1, 0.15) is 18.3 Å². The van der Waals surface area contributed by atoms with E-state index in [4.69, 9.17) is 0 Å². The summed E-state index contributed by atoms with van der Waals surface area (Å²) in [5.41, 5.74) is 2.40. The van der Waals surface area contributed by atoms with E-state index in [9.17, 15) is 9.59 Å². The van der Waals surface area contributed by atoms with Crippen LogP contribution in [0.25, 0.3) is 0 Å². The van der Waals surface area contributed by atoms with Crippen molar-refractivity contribution in [1.82, 2.24) is 14.7 Å². The minimum Gasteiger partial charge on any atom is -0.468 e. The van der Waals surface area contributed by atoms with Crippen LogP contribution in [0.3, 0.4) is 0 Å². The molecule has 1 amide bonds. The van der Waals surface area contributed by atoms with Gasteiger partial charge in [-0.15, -0.1) is 0 Å². The Morgan fingerprint density at radius 3 is 2.45 bits per heavy atom. The molecule has 7 nitrogen and oxygen atoms in total. The zero-order valence-electron chi connectivity index (χ0n) is 12.7. The molecule has 0 saturated carbocycles. The molecular formula is C13H22N4O3. The lowest BCUT2D eigenvalue weighted by atomic mass is 10.3. The van der Waals surface area contributed by atoms with Crippen molar-refractivity contribution in [3.05, 3.63) is 11.4 Å². The quantitative estimate of drug-likeness (QED) is 0.768. The van der Waals surface area contributed by atoms with Gasteiger partial charge in [0.1, 0.15) is 0 Å². The zero-order chi connectivity index (χ0) is 15.3. The number of nitrogens with zero attached hydrogens (tertiary/aromatic N) is 3. The van der Waals surface area contributed by atoms with Crippen LogP contribution in [-0.4, -0.2) is 53.3 Å². The molecule has 0 aromatic carbocycles. The van der Waals surface area contributed by atoms with Gasteiger partial charge in [0.2, 0.25) is 5.91 Å². The first-order valence-corrected chi connectivity index (χ1v) is 6.48. The van der Waals surface area contributed by atoms with Crippen LogP contribution in [-0.2, 0) is 21.4 Å². The maximum absolute atomic E-state index is 12.0. The number of rotatable bonds is 6. The van der Waals surface area contributed by atoms with Crippen LogP contribution in [0.2, 0.25) is 0 Å². The molecule has 0 fully saturated rings. The van der Waals surface area contributed by atoms with E-state index in [1.54, 1.807) is 9.58 Å². The predicted molar refractivity (Wildman–Crippen MR) is 75.4 cm³/mol. The van der Waals surface area contributed by atoms with Crippen molar-refractivity contribution in [2.45, 2.75) is 20.8 Å². The summed E-state index contributed by atoms with van der Waals surface area (Å²) in [6.07, 6.45) is 0. The number of hydrogen-bond acceptors (Lipinski definition) is 5. The number of esters is 1. The number of carbonyl (C=O) groups excluding carboxylic acids is 2. The molecule has 0 saturated heterocycles. The Morgan fingerprint density at radius 2 is 2.00 bits per heavy atom. The Balaban J connectivity index is 2.64. The Kier molecular flexibility index (Phi) is 5.69. The Morgan fingerprint density at radius 1 is 1.35 bits per heavy atom. The van der Waals surface area contributed by atoms with Crippen molar-refractivity contribution in [1.29, 1.82) is 0 Å². The Hall–Kier alpha value is -1.89. The first-order chi connectivity index (χ1) is 9.38. The second kappa shape index (κ2) is 7.04. The van der Waals surface area contributed by atoms with E-state index in [2.05, 4.69) is 15.2 Å². The van der Waals surface area contributed by atoms with E-state index in [-0.39, 0.29) is 25.0 Å². The average Bonchev–Trinajstić information content (AvgIpc) is 2.64. The second-order valence-corrected chi connectivity index (χ2v) is 4.60. The van der Waals surface area contributed by atoms with E-state index in [0.717, 1.165) is 17.1 Å². The van der Waals surface area contributed by atoms with Gasteiger partial charge in [0, 0.05) is 7.05 Å². The van der Waals surface area contributed by atoms with Gasteiger partial charge in [0.05, 0.1) is 37.3 Å². The summed E-state index contributed by atoms with van der Waals surface area (Å²) in [5, 5.41) is 7.08. The number of ether oxygens (including phenoxy) is 1. The van der Waals surface area contributed by atoms with Gasteiger partial charge in [-0.3, -0.25) is 19.2 Å². The highest BCUT2D eigenvalue weighted by molar-refractivity contribution is 5.93. The number of aryl methyl sites for hydroxylation is 2. The average molecular weight is 282 g/mol. The maximum Gasteiger partial charge on any atom is 0.319 e. The lowest BCUT2D eigenvalue weighted by Gasteiger charge is -2.18. The van der Waals surface area contributed by atoms with E-state index >= 15 is 0 Å². The van der Waals surface area contributed by atoms with Gasteiger partial charge < -0.3 is 10.1 Å². The molecule has 0 unspecified atom stereocenters. The smallest absolute Gasteiger partial charge is 0.319 e. The molecule has 1 heterocycles. The summed E-state index contributed by atoms with van der Waals surface area (Å²) in [5.74, 6) is -0.525. The third-order valence-electron chi connectivity index (χ3n) is 3.17. The molecule has 0 aliphatic heterocycles. The number of hydrogen-bond donors (Lipinski definition) is 1. The molecule has 1 aromatic rings. The highest BCUT2D eigenvalue weighted by Gasteiger charge is 2.16. The standard InChI is InChI=1S/C13H22N4O3/c1-6-17(8-12(19)20-5)7-11(18)14-13-9(2)15-16(4)10(13)3/h6-8H2,1-5H3,(H,14,18). The molecule has 20 heavy (non-hydrogen) atoms. The van der Waals surface area contributed by atoms with Crippen molar-refractivity contribution >= 4 is 17.6 Å². The van der Waals surface area contributed by atoms with Gasteiger partial charge >= 0.3 is 5.97 Å². The molecule has 1 rings (SSSR count). The fourth-order valence-electron chi connectivity index (χ4n) is 1.86. The molecule has 0 spiro atoms. The van der Waals surface area contributed by atoms with Crippen molar-refractivity contribution in [3.63, 3.8) is 0 Å². The minimum atomic E-state index is -0.353. The molecule has 7 heteroatoms. The monoisotopic (exact) mass is 282 g/mol. The summed E-state index contributed by atoms with van der Waals surface area (Å²) in [6, 6.07) is 0. The molecule has 0 radical (unpaired) electrons. The highest BCUT2D eigenvalue weighted by atomic mass is 16.5. The van der Waals surface area contributed by atoms with Crippen LogP contribution in [0, 0.1) is 13.8 Å². The largest absolute Gasteiger partial charge is 0.468 e. The fraction of sp³-hybridized carbons (Fsp3) is 0.615. The van der Waals surface area contributed by atoms with Gasteiger partial charge in [-0.05, 0) is 20.4 Å². The minimum absolute atomic E-state index is 0.103. The summed E-state index contributed by atoms with van der Waals surface area (Å²) in [6.45, 7) is 6.45. The van der Waals surface area contributed by atoms with Gasteiger partial charge in [-0.1, -0.05) is 6.92 Å². The summed E-state index contributed by atoms with van der Waals surface area (Å²) >= 11 is 0. The molecule has 0 bridgehead atoms. The number of anilines is 1. The SMILES string of the molecule is CCN(CC(=O)Nc1c(C)nn(C)c1C)CC(=O)OC. The number of amides is 1. The molecule has 0 aliphatic carbocycles. The van der Waals surface area contributed by atoms with E-state index in [1.807, 2.05) is 27.8 Å². The number of nitrogens with one attached hydrogen (secondary N) is 1. The van der Waals surface area contributed by atoms with Crippen molar-refractivity contribution in [2.24, 2.45) is 7.05 Å². The first-order valence-electron chi connectivity index (χ1n) is 6.48. The van der Waals surface area contributed by atoms with Crippen LogP contribution in [0.4, 0.5) is 5.69 Å². The van der Waals surface area contributed by atoms with Crippen molar-refractivity contribution in [2.75, 3.05) is 32.1 Å². The van der Waals surface area contributed by atoms with Crippen LogP contribution < -0.4 is 5.32 Å². The lowest BCUT2D eigenvalue weighted by Crippen LogP contribution is -2.37. The topological polar surface area (TPSA) is 76.5 Å². The fourth-order valence-corrected chi connectivity index (χ4v) is 1.86. The third-order valence-corrected chi connectivity index (χ3v) is 3.17. The van der Waals surface area contributed by atoms with Crippen molar-refractivity contribution in [3.8, 4) is 0 Å². The van der Waals surface area contributed by atoms with Crippen LogP contribution in [0.15, 0.2) is 0 Å². The van der Waals surface area contributed by atoms with Crippen molar-refractivity contribution < 1.29 is 14.3 Å². The zero-order valence-corrected chi connectivity index (χ0v) is 12.7. The maximum atomic E-state index is 12.0. The Labute approximate surface area is 118 Å². The molecule has 1 aromatic heterocycles. The van der Waals surface area contributed by atoms with Gasteiger partial charge in [0.25, 0.3) is 0 Å². The number of likely N-dealkylation sites (N-methyl/N-ethyl adjacent to an activating group) is 1. The summed E-state index contributed by atoms with van der Waals surface area (Å²) in [4.78, 5) is 25.0. The van der Waals surface area contributed by atoms with E-state index in [0.29, 0.717) is 6.54 Å². The number of carbonyl (C=O) groups is 2. The van der Waals surface area contributed by atoms with Crippen LogP contribution in [0.5, 0.6) is 0 Å². The van der Waals surface area contributed by atoms with Gasteiger partial charge in [-0.2, -0.15) is 5.10 Å².